The van der Waals surface area contributed by atoms with E-state index in [1.54, 1.807) is 0 Å². The van der Waals surface area contributed by atoms with Crippen molar-refractivity contribution in [3.8, 4) is 0 Å². The molecule has 0 saturated carbocycles. The smallest absolute Gasteiger partial charge is 0.419 e. The maximum absolute atomic E-state index is 12.7. The fourth-order valence-corrected chi connectivity index (χ4v) is 0.930. The lowest BCUT2D eigenvalue weighted by Crippen LogP contribution is -2.12. The Morgan fingerprint density at radius 2 is 1.67 bits per heavy atom. The normalized spacial score (nSPS) is 11.5. The number of carboxylic acid groups (broad SMARTS) is 1. The van der Waals surface area contributed by atoms with Crippen LogP contribution in [0, 0.1) is 11.6 Å². The summed E-state index contributed by atoms with van der Waals surface area (Å²) in [5.41, 5.74) is -3.02. The molecule has 2 nitrogen and oxygen atoms in total. The molecule has 0 saturated heterocycles. The van der Waals surface area contributed by atoms with Gasteiger partial charge in [0.15, 0.2) is 0 Å². The molecule has 0 atom stereocenters. The highest BCUT2D eigenvalue weighted by Gasteiger charge is 2.35. The predicted octanol–water partition coefficient (Wildman–Crippen LogP) is 2.68. The average Bonchev–Trinajstić information content (AvgIpc) is 2.00. The molecule has 0 heterocycles. The van der Waals surface area contributed by atoms with E-state index < -0.39 is 34.9 Å². The molecule has 0 aliphatic carbocycles. The highest BCUT2D eigenvalue weighted by Crippen LogP contribution is 2.32. The molecule has 0 radical (unpaired) electrons. The average molecular weight is 226 g/mol. The van der Waals surface area contributed by atoms with Gasteiger partial charge in [0, 0.05) is 6.07 Å². The van der Waals surface area contributed by atoms with Crippen LogP contribution < -0.4 is 0 Å². The monoisotopic (exact) mass is 226 g/mol. The first-order valence-electron chi connectivity index (χ1n) is 3.53. The second kappa shape index (κ2) is 3.48. The summed E-state index contributed by atoms with van der Waals surface area (Å²) in [6.07, 6.45) is -5.05. The lowest BCUT2D eigenvalue weighted by molar-refractivity contribution is -0.140. The van der Waals surface area contributed by atoms with Crippen LogP contribution in [0.15, 0.2) is 12.1 Å². The first-order chi connectivity index (χ1) is 6.73. The third kappa shape index (κ3) is 2.23. The fourth-order valence-electron chi connectivity index (χ4n) is 0.930. The lowest BCUT2D eigenvalue weighted by atomic mass is 10.1. The molecule has 1 aromatic rings. The fraction of sp³-hybridized carbons (Fsp3) is 0.125. The van der Waals surface area contributed by atoms with Crippen LogP contribution in [-0.2, 0) is 6.18 Å². The van der Waals surface area contributed by atoms with E-state index in [0.717, 1.165) is 0 Å². The van der Waals surface area contributed by atoms with Crippen LogP contribution in [0.2, 0.25) is 0 Å². The quantitative estimate of drug-likeness (QED) is 0.747. The van der Waals surface area contributed by atoms with Crippen molar-refractivity contribution in [2.75, 3.05) is 0 Å². The van der Waals surface area contributed by atoms with Gasteiger partial charge < -0.3 is 5.11 Å². The molecule has 0 fully saturated rings. The molecule has 1 rings (SSSR count). The Hall–Kier alpha value is -1.66. The molecule has 0 aliphatic heterocycles. The molecule has 0 unspecified atom stereocenters. The summed E-state index contributed by atoms with van der Waals surface area (Å²) < 4.78 is 61.5. The van der Waals surface area contributed by atoms with E-state index in [1.807, 2.05) is 0 Å². The summed E-state index contributed by atoms with van der Waals surface area (Å²) >= 11 is 0. The van der Waals surface area contributed by atoms with Crippen molar-refractivity contribution in [2.45, 2.75) is 6.18 Å². The number of aromatic carboxylic acids is 1. The number of benzene rings is 1. The van der Waals surface area contributed by atoms with Crippen LogP contribution in [0.4, 0.5) is 22.0 Å². The molecule has 0 bridgehead atoms. The van der Waals surface area contributed by atoms with Gasteiger partial charge in [-0.3, -0.25) is 0 Å². The zero-order valence-corrected chi connectivity index (χ0v) is 6.90. The van der Waals surface area contributed by atoms with Crippen molar-refractivity contribution < 1.29 is 31.9 Å². The summed E-state index contributed by atoms with van der Waals surface area (Å²) in [6.45, 7) is 0. The van der Waals surface area contributed by atoms with Gasteiger partial charge in [-0.2, -0.15) is 13.2 Å². The van der Waals surface area contributed by atoms with Gasteiger partial charge in [-0.25, -0.2) is 13.6 Å². The van der Waals surface area contributed by atoms with E-state index in [-0.39, 0.29) is 12.1 Å². The van der Waals surface area contributed by atoms with Crippen molar-refractivity contribution in [1.82, 2.24) is 0 Å². The van der Waals surface area contributed by atoms with E-state index in [2.05, 4.69) is 0 Å². The third-order valence-electron chi connectivity index (χ3n) is 1.59. The standard InChI is InChI=1S/C8H3F5O2/c9-5-2-6(10)4(8(11,12)13)1-3(5)7(14)15/h1-2H,(H,14,15). The molecular weight excluding hydrogens is 223 g/mol. The molecule has 7 heteroatoms. The maximum atomic E-state index is 12.7. The second-order valence-electron chi connectivity index (χ2n) is 2.61. The zero-order chi connectivity index (χ0) is 11.8. The third-order valence-corrected chi connectivity index (χ3v) is 1.59. The Bertz CT molecular complexity index is 410. The van der Waals surface area contributed by atoms with Gasteiger partial charge in [0.05, 0.1) is 11.1 Å². The van der Waals surface area contributed by atoms with E-state index in [0.29, 0.717) is 0 Å². The first-order valence-corrected chi connectivity index (χ1v) is 3.53. The molecule has 82 valence electrons. The summed E-state index contributed by atoms with van der Waals surface area (Å²) in [5, 5.41) is 8.32. The van der Waals surface area contributed by atoms with Gasteiger partial charge in [-0.15, -0.1) is 0 Å². The molecule has 1 aromatic carbocycles. The number of carbonyl (C=O) groups is 1. The summed E-state index contributed by atoms with van der Waals surface area (Å²) in [7, 11) is 0. The highest BCUT2D eigenvalue weighted by molar-refractivity contribution is 5.88. The molecule has 0 aliphatic rings. The maximum Gasteiger partial charge on any atom is 0.419 e. The summed E-state index contributed by atoms with van der Waals surface area (Å²) in [6, 6.07) is -0.181. The molecule has 0 aromatic heterocycles. The van der Waals surface area contributed by atoms with Crippen molar-refractivity contribution in [3.63, 3.8) is 0 Å². The number of hydrogen-bond donors (Lipinski definition) is 1. The first kappa shape index (κ1) is 11.4. The Balaban J connectivity index is 3.43. The summed E-state index contributed by atoms with van der Waals surface area (Å²) in [4.78, 5) is 10.3. The van der Waals surface area contributed by atoms with Gasteiger partial charge in [-0.05, 0) is 6.07 Å². The Labute approximate surface area is 79.9 Å². The van der Waals surface area contributed by atoms with Gasteiger partial charge in [0.1, 0.15) is 11.6 Å². The summed E-state index contributed by atoms with van der Waals surface area (Å²) in [5.74, 6) is -5.28. The minimum absolute atomic E-state index is 0.0764. The highest BCUT2D eigenvalue weighted by atomic mass is 19.4. The second-order valence-corrected chi connectivity index (χ2v) is 2.61. The topological polar surface area (TPSA) is 37.3 Å². The van der Waals surface area contributed by atoms with Crippen LogP contribution in [0.25, 0.3) is 0 Å². The molecule has 1 N–H and O–H groups in total. The minimum atomic E-state index is -5.05. The van der Waals surface area contributed by atoms with Crippen molar-refractivity contribution in [1.29, 1.82) is 0 Å². The van der Waals surface area contributed by atoms with Crippen LogP contribution in [0.5, 0.6) is 0 Å². The lowest BCUT2D eigenvalue weighted by Gasteiger charge is -2.08. The number of rotatable bonds is 1. The Morgan fingerprint density at radius 3 is 2.07 bits per heavy atom. The van der Waals surface area contributed by atoms with Gasteiger partial charge in [0.25, 0.3) is 0 Å². The zero-order valence-electron chi connectivity index (χ0n) is 6.90. The SMILES string of the molecule is O=C(O)c1cc(C(F)(F)F)c(F)cc1F. The minimum Gasteiger partial charge on any atom is -0.478 e. The Morgan fingerprint density at radius 1 is 1.13 bits per heavy atom. The van der Waals surface area contributed by atoms with Gasteiger partial charge in [-0.1, -0.05) is 0 Å². The van der Waals surface area contributed by atoms with E-state index in [1.165, 1.54) is 0 Å². The van der Waals surface area contributed by atoms with Crippen LogP contribution in [0.1, 0.15) is 15.9 Å². The predicted molar refractivity (Wildman–Crippen MR) is 38.3 cm³/mol. The molecule has 15 heavy (non-hydrogen) atoms. The number of carboxylic acids is 1. The number of alkyl halides is 3. The van der Waals surface area contributed by atoms with Crippen LogP contribution in [0.3, 0.4) is 0 Å². The van der Waals surface area contributed by atoms with E-state index in [4.69, 9.17) is 5.11 Å². The molecule has 0 spiro atoms. The van der Waals surface area contributed by atoms with Crippen LogP contribution >= 0.6 is 0 Å². The van der Waals surface area contributed by atoms with Crippen molar-refractivity contribution in [3.05, 3.63) is 34.9 Å². The van der Waals surface area contributed by atoms with E-state index in [9.17, 15) is 26.7 Å². The largest absolute Gasteiger partial charge is 0.478 e. The van der Waals surface area contributed by atoms with Gasteiger partial charge in [0.2, 0.25) is 0 Å². The van der Waals surface area contributed by atoms with Crippen molar-refractivity contribution in [2.24, 2.45) is 0 Å². The van der Waals surface area contributed by atoms with Crippen LogP contribution in [-0.4, -0.2) is 11.1 Å². The molecular formula is C8H3F5O2. The van der Waals surface area contributed by atoms with Crippen molar-refractivity contribution >= 4 is 5.97 Å². The number of hydrogen-bond acceptors (Lipinski definition) is 1. The van der Waals surface area contributed by atoms with Gasteiger partial charge >= 0.3 is 12.1 Å². The number of halogens is 5. The van der Waals surface area contributed by atoms with E-state index >= 15 is 0 Å². The Kier molecular flexibility index (Phi) is 2.65. The molecule has 0 amide bonds.